The van der Waals surface area contributed by atoms with Crippen LogP contribution in [0.15, 0.2) is 36.5 Å². The van der Waals surface area contributed by atoms with Gasteiger partial charge in [0.05, 0.1) is 11.8 Å². The zero-order valence-electron chi connectivity index (χ0n) is 11.7. The topological polar surface area (TPSA) is 47.3 Å². The molecule has 1 N–H and O–H groups in total. The standard InChI is InChI=1S/C15H19ClN2O2/c1-11(2)18-8-7-13(17-18)9-14(19)10-20-15-5-3-12(16)4-6-15/h3-8,11,14,19H,9-10H2,1-2H3. The average Bonchev–Trinajstić information content (AvgIpc) is 2.87. The van der Waals surface area contributed by atoms with Crippen LogP contribution in [0.3, 0.4) is 0 Å². The molecule has 2 rings (SSSR count). The fraction of sp³-hybridized carbons (Fsp3) is 0.400. The highest BCUT2D eigenvalue weighted by Crippen LogP contribution is 2.16. The molecule has 0 spiro atoms. The first-order chi connectivity index (χ1) is 9.54. The summed E-state index contributed by atoms with van der Waals surface area (Å²) >= 11 is 5.79. The van der Waals surface area contributed by atoms with Gasteiger partial charge in [-0.2, -0.15) is 5.10 Å². The van der Waals surface area contributed by atoms with Gasteiger partial charge in [0.15, 0.2) is 0 Å². The summed E-state index contributed by atoms with van der Waals surface area (Å²) in [5, 5.41) is 15.0. The molecule has 2 aromatic rings. The van der Waals surface area contributed by atoms with E-state index in [0.29, 0.717) is 23.2 Å². The third-order valence-corrected chi connectivity index (χ3v) is 3.15. The molecule has 1 aromatic heterocycles. The van der Waals surface area contributed by atoms with Gasteiger partial charge in [-0.05, 0) is 44.2 Å². The highest BCUT2D eigenvalue weighted by atomic mass is 35.5. The number of rotatable bonds is 6. The Labute approximate surface area is 123 Å². The number of halogens is 1. The predicted octanol–water partition coefficient (Wildman–Crippen LogP) is 3.10. The van der Waals surface area contributed by atoms with Gasteiger partial charge in [0.1, 0.15) is 12.4 Å². The highest BCUT2D eigenvalue weighted by molar-refractivity contribution is 6.30. The largest absolute Gasteiger partial charge is 0.491 e. The van der Waals surface area contributed by atoms with Gasteiger partial charge in [0, 0.05) is 23.7 Å². The van der Waals surface area contributed by atoms with Crippen LogP contribution < -0.4 is 4.74 Å². The van der Waals surface area contributed by atoms with Crippen LogP contribution in [0.5, 0.6) is 5.75 Å². The number of nitrogens with zero attached hydrogens (tertiary/aromatic N) is 2. The van der Waals surface area contributed by atoms with Crippen molar-refractivity contribution >= 4 is 11.6 Å². The maximum absolute atomic E-state index is 9.97. The lowest BCUT2D eigenvalue weighted by atomic mass is 10.2. The molecule has 0 bridgehead atoms. The normalized spacial score (nSPS) is 12.7. The Morgan fingerprint density at radius 1 is 1.25 bits per heavy atom. The summed E-state index contributed by atoms with van der Waals surface area (Å²) in [4.78, 5) is 0. The monoisotopic (exact) mass is 294 g/mol. The maximum Gasteiger partial charge on any atom is 0.119 e. The second kappa shape index (κ2) is 6.77. The van der Waals surface area contributed by atoms with Crippen LogP contribution in [0, 0.1) is 0 Å². The number of ether oxygens (including phenoxy) is 1. The van der Waals surface area contributed by atoms with Crippen LogP contribution in [0.25, 0.3) is 0 Å². The van der Waals surface area contributed by atoms with Crippen molar-refractivity contribution in [2.75, 3.05) is 6.61 Å². The summed E-state index contributed by atoms with van der Waals surface area (Å²) in [5.41, 5.74) is 0.867. The van der Waals surface area contributed by atoms with Crippen molar-refractivity contribution in [3.8, 4) is 5.75 Å². The molecule has 0 saturated carbocycles. The van der Waals surface area contributed by atoms with Gasteiger partial charge in [-0.25, -0.2) is 0 Å². The van der Waals surface area contributed by atoms with E-state index < -0.39 is 6.10 Å². The summed E-state index contributed by atoms with van der Waals surface area (Å²) in [6.45, 7) is 4.36. The molecule has 4 nitrogen and oxygen atoms in total. The Hall–Kier alpha value is -1.52. The fourth-order valence-corrected chi connectivity index (χ4v) is 1.92. The summed E-state index contributed by atoms with van der Waals surface area (Å²) in [7, 11) is 0. The third-order valence-electron chi connectivity index (χ3n) is 2.89. The number of benzene rings is 1. The van der Waals surface area contributed by atoms with E-state index in [9.17, 15) is 5.11 Å². The molecule has 108 valence electrons. The molecule has 1 atom stereocenters. The maximum atomic E-state index is 9.97. The van der Waals surface area contributed by atoms with Crippen molar-refractivity contribution < 1.29 is 9.84 Å². The fourth-order valence-electron chi connectivity index (χ4n) is 1.80. The molecule has 5 heteroatoms. The van der Waals surface area contributed by atoms with E-state index in [1.54, 1.807) is 24.3 Å². The molecule has 1 heterocycles. The minimum Gasteiger partial charge on any atom is -0.491 e. The lowest BCUT2D eigenvalue weighted by molar-refractivity contribution is 0.107. The minimum atomic E-state index is -0.582. The predicted molar refractivity (Wildman–Crippen MR) is 79.3 cm³/mol. The van der Waals surface area contributed by atoms with Gasteiger partial charge in [0.2, 0.25) is 0 Å². The molecule has 1 unspecified atom stereocenters. The van der Waals surface area contributed by atoms with Crippen LogP contribution in [0.2, 0.25) is 5.02 Å². The van der Waals surface area contributed by atoms with Crippen molar-refractivity contribution in [2.45, 2.75) is 32.4 Å². The van der Waals surface area contributed by atoms with Gasteiger partial charge in [-0.3, -0.25) is 4.68 Å². The Morgan fingerprint density at radius 3 is 2.55 bits per heavy atom. The van der Waals surface area contributed by atoms with Crippen molar-refractivity contribution in [3.05, 3.63) is 47.2 Å². The second-order valence-electron chi connectivity index (χ2n) is 5.00. The summed E-state index contributed by atoms with van der Waals surface area (Å²) in [6, 6.07) is 9.32. The molecule has 0 saturated heterocycles. The SMILES string of the molecule is CC(C)n1ccc(CC(O)COc2ccc(Cl)cc2)n1. The second-order valence-corrected chi connectivity index (χ2v) is 5.44. The third kappa shape index (κ3) is 4.25. The Kier molecular flexibility index (Phi) is 5.04. The molecular formula is C15H19ClN2O2. The molecule has 0 fully saturated rings. The van der Waals surface area contributed by atoms with Gasteiger partial charge in [0.25, 0.3) is 0 Å². The van der Waals surface area contributed by atoms with E-state index in [2.05, 4.69) is 18.9 Å². The van der Waals surface area contributed by atoms with E-state index in [0.717, 1.165) is 5.69 Å². The van der Waals surface area contributed by atoms with Crippen molar-refractivity contribution in [2.24, 2.45) is 0 Å². The summed E-state index contributed by atoms with van der Waals surface area (Å²) in [6.07, 6.45) is 1.82. The molecule has 0 aliphatic rings. The van der Waals surface area contributed by atoms with E-state index in [1.807, 2.05) is 16.9 Å². The van der Waals surface area contributed by atoms with Crippen LogP contribution in [0.4, 0.5) is 0 Å². The zero-order valence-corrected chi connectivity index (χ0v) is 12.4. The Balaban J connectivity index is 1.82. The molecule has 0 amide bonds. The number of hydrogen-bond donors (Lipinski definition) is 1. The molecule has 0 aliphatic heterocycles. The van der Waals surface area contributed by atoms with Crippen molar-refractivity contribution in [1.29, 1.82) is 0 Å². The number of aromatic nitrogens is 2. The average molecular weight is 295 g/mol. The zero-order chi connectivity index (χ0) is 14.5. The number of hydrogen-bond acceptors (Lipinski definition) is 3. The number of aliphatic hydroxyl groups is 1. The molecule has 20 heavy (non-hydrogen) atoms. The van der Waals surface area contributed by atoms with E-state index in [-0.39, 0.29) is 6.61 Å². The Bertz CT molecular complexity index is 537. The highest BCUT2D eigenvalue weighted by Gasteiger charge is 2.10. The van der Waals surface area contributed by atoms with Gasteiger partial charge < -0.3 is 9.84 Å². The van der Waals surface area contributed by atoms with E-state index in [1.165, 1.54) is 0 Å². The molecular weight excluding hydrogens is 276 g/mol. The summed E-state index contributed by atoms with van der Waals surface area (Å²) < 4.78 is 7.38. The quantitative estimate of drug-likeness (QED) is 0.890. The van der Waals surface area contributed by atoms with Crippen LogP contribution in [-0.4, -0.2) is 27.6 Å². The van der Waals surface area contributed by atoms with Crippen LogP contribution in [-0.2, 0) is 6.42 Å². The van der Waals surface area contributed by atoms with Crippen molar-refractivity contribution in [1.82, 2.24) is 9.78 Å². The van der Waals surface area contributed by atoms with Gasteiger partial charge in [-0.1, -0.05) is 11.6 Å². The van der Waals surface area contributed by atoms with Crippen LogP contribution >= 0.6 is 11.6 Å². The lowest BCUT2D eigenvalue weighted by Gasteiger charge is -2.11. The van der Waals surface area contributed by atoms with Crippen LogP contribution in [0.1, 0.15) is 25.6 Å². The van der Waals surface area contributed by atoms with E-state index in [4.69, 9.17) is 16.3 Å². The summed E-state index contributed by atoms with van der Waals surface area (Å²) in [5.74, 6) is 0.696. The lowest BCUT2D eigenvalue weighted by Crippen LogP contribution is -2.20. The Morgan fingerprint density at radius 2 is 1.95 bits per heavy atom. The number of aliphatic hydroxyl groups excluding tert-OH is 1. The van der Waals surface area contributed by atoms with Gasteiger partial charge >= 0.3 is 0 Å². The van der Waals surface area contributed by atoms with E-state index >= 15 is 0 Å². The first-order valence-corrected chi connectivity index (χ1v) is 7.03. The molecule has 0 aliphatic carbocycles. The minimum absolute atomic E-state index is 0.232. The first-order valence-electron chi connectivity index (χ1n) is 6.65. The van der Waals surface area contributed by atoms with Crippen molar-refractivity contribution in [3.63, 3.8) is 0 Å². The van der Waals surface area contributed by atoms with Gasteiger partial charge in [-0.15, -0.1) is 0 Å². The molecule has 0 radical (unpaired) electrons. The first kappa shape index (κ1) is 14.9. The molecule has 1 aromatic carbocycles. The smallest absolute Gasteiger partial charge is 0.119 e.